The highest BCUT2D eigenvalue weighted by molar-refractivity contribution is 7.17. The first-order valence-corrected chi connectivity index (χ1v) is 8.28. The van der Waals surface area contributed by atoms with E-state index in [-0.39, 0.29) is 24.2 Å². The first-order chi connectivity index (χ1) is 9.97. The van der Waals surface area contributed by atoms with Crippen molar-refractivity contribution in [3.63, 3.8) is 0 Å². The zero-order valence-corrected chi connectivity index (χ0v) is 14.5. The Morgan fingerprint density at radius 2 is 2.05 bits per heavy atom. The molecule has 1 aliphatic heterocycles. The predicted molar refractivity (Wildman–Crippen MR) is 90.7 cm³/mol. The summed E-state index contributed by atoms with van der Waals surface area (Å²) in [6.07, 6.45) is 2.72. The third kappa shape index (κ3) is 3.29. The van der Waals surface area contributed by atoms with Gasteiger partial charge < -0.3 is 11.1 Å². The molecule has 22 heavy (non-hydrogen) atoms. The van der Waals surface area contributed by atoms with Crippen LogP contribution in [0.4, 0.5) is 5.00 Å². The second-order valence-corrected chi connectivity index (χ2v) is 7.26. The van der Waals surface area contributed by atoms with Crippen molar-refractivity contribution in [3.8, 4) is 0 Å². The molecule has 2 aliphatic rings. The maximum Gasteiger partial charge on any atom is 0.251 e. The number of hydrogen-bond acceptors (Lipinski definition) is 4. The molecular weight excluding hydrogens is 322 g/mol. The van der Waals surface area contributed by atoms with Crippen molar-refractivity contribution in [1.29, 1.82) is 0 Å². The molecule has 1 saturated carbocycles. The molecule has 1 aromatic heterocycles. The summed E-state index contributed by atoms with van der Waals surface area (Å²) >= 11 is 1.51. The van der Waals surface area contributed by atoms with E-state index in [1.54, 1.807) is 0 Å². The lowest BCUT2D eigenvalue weighted by Crippen LogP contribution is -2.35. The molecule has 7 heteroatoms. The lowest BCUT2D eigenvalue weighted by atomic mass is 10.0. The van der Waals surface area contributed by atoms with Gasteiger partial charge in [-0.05, 0) is 38.7 Å². The van der Waals surface area contributed by atoms with Gasteiger partial charge in [0.2, 0.25) is 5.91 Å². The normalized spacial score (nSPS) is 17.8. The molecule has 0 radical (unpaired) electrons. The van der Waals surface area contributed by atoms with Crippen molar-refractivity contribution in [2.45, 2.75) is 45.7 Å². The van der Waals surface area contributed by atoms with E-state index in [4.69, 9.17) is 5.73 Å². The highest BCUT2D eigenvalue weighted by atomic mass is 35.5. The summed E-state index contributed by atoms with van der Waals surface area (Å²) in [4.78, 5) is 27.3. The van der Waals surface area contributed by atoms with E-state index in [2.05, 4.69) is 24.1 Å². The number of hydrogen-bond donors (Lipinski definition) is 2. The molecule has 2 heterocycles. The number of nitrogens with zero attached hydrogens (tertiary/aromatic N) is 1. The van der Waals surface area contributed by atoms with Crippen LogP contribution in [0.25, 0.3) is 0 Å². The standard InChI is InChI=1S/C15H21N3O2S.ClH/c1-8(2)18-6-5-10-11(7-18)21-15(12(10)13(16)19)17-14(20)9-3-4-9;/h8-9H,3-7H2,1-2H3,(H2,16,19)(H,17,20);1H. The van der Waals surface area contributed by atoms with Crippen LogP contribution in [0.1, 0.15) is 47.5 Å². The topological polar surface area (TPSA) is 75.4 Å². The highest BCUT2D eigenvalue weighted by Crippen LogP contribution is 2.39. The number of halogens is 1. The minimum absolute atomic E-state index is 0. The summed E-state index contributed by atoms with van der Waals surface area (Å²) < 4.78 is 0. The molecule has 0 bridgehead atoms. The molecule has 0 aromatic carbocycles. The Morgan fingerprint density at radius 1 is 1.36 bits per heavy atom. The van der Waals surface area contributed by atoms with Gasteiger partial charge in [-0.2, -0.15) is 0 Å². The Hall–Kier alpha value is -1.11. The molecule has 0 atom stereocenters. The third-order valence-corrected chi connectivity index (χ3v) is 5.38. The van der Waals surface area contributed by atoms with Crippen molar-refractivity contribution >= 4 is 40.6 Å². The van der Waals surface area contributed by atoms with E-state index in [1.165, 1.54) is 11.3 Å². The first-order valence-electron chi connectivity index (χ1n) is 7.46. The third-order valence-electron chi connectivity index (χ3n) is 4.25. The summed E-state index contributed by atoms with van der Waals surface area (Å²) in [6.45, 7) is 6.10. The molecule has 0 saturated heterocycles. The maximum absolute atomic E-state index is 12.0. The van der Waals surface area contributed by atoms with Gasteiger partial charge in [-0.15, -0.1) is 23.7 Å². The van der Waals surface area contributed by atoms with E-state index >= 15 is 0 Å². The Morgan fingerprint density at radius 3 is 2.59 bits per heavy atom. The van der Waals surface area contributed by atoms with Crippen LogP contribution in [0.5, 0.6) is 0 Å². The van der Waals surface area contributed by atoms with Crippen LogP contribution < -0.4 is 11.1 Å². The molecule has 122 valence electrons. The van der Waals surface area contributed by atoms with Gasteiger partial charge in [-0.3, -0.25) is 14.5 Å². The van der Waals surface area contributed by atoms with E-state index in [1.807, 2.05) is 0 Å². The number of primary amides is 1. The van der Waals surface area contributed by atoms with E-state index in [0.717, 1.165) is 42.8 Å². The lowest BCUT2D eigenvalue weighted by Gasteiger charge is -2.30. The van der Waals surface area contributed by atoms with Crippen molar-refractivity contribution in [1.82, 2.24) is 4.90 Å². The second-order valence-electron chi connectivity index (χ2n) is 6.15. The number of nitrogens with one attached hydrogen (secondary N) is 1. The van der Waals surface area contributed by atoms with Crippen LogP contribution in [0.2, 0.25) is 0 Å². The van der Waals surface area contributed by atoms with Crippen molar-refractivity contribution in [2.75, 3.05) is 11.9 Å². The highest BCUT2D eigenvalue weighted by Gasteiger charge is 2.33. The summed E-state index contributed by atoms with van der Waals surface area (Å²) in [7, 11) is 0. The quantitative estimate of drug-likeness (QED) is 0.881. The smallest absolute Gasteiger partial charge is 0.251 e. The summed E-state index contributed by atoms with van der Waals surface area (Å²) in [5.74, 6) is -0.287. The van der Waals surface area contributed by atoms with Crippen LogP contribution in [-0.4, -0.2) is 29.3 Å². The van der Waals surface area contributed by atoms with E-state index in [0.29, 0.717) is 16.6 Å². The minimum Gasteiger partial charge on any atom is -0.365 e. The van der Waals surface area contributed by atoms with Crippen LogP contribution in [0.15, 0.2) is 0 Å². The number of thiophene rings is 1. The van der Waals surface area contributed by atoms with Crippen molar-refractivity contribution in [3.05, 3.63) is 16.0 Å². The molecule has 1 aliphatic carbocycles. The van der Waals surface area contributed by atoms with Gasteiger partial charge in [0.1, 0.15) is 5.00 Å². The fraction of sp³-hybridized carbons (Fsp3) is 0.600. The number of fused-ring (bicyclic) bond motifs is 1. The summed E-state index contributed by atoms with van der Waals surface area (Å²) in [6, 6.07) is 0.474. The minimum atomic E-state index is -0.434. The predicted octanol–water partition coefficient (Wildman–Crippen LogP) is 2.38. The SMILES string of the molecule is CC(C)N1CCc2c(sc(NC(=O)C3CC3)c2C(N)=O)C1.Cl. The van der Waals surface area contributed by atoms with Crippen LogP contribution >= 0.6 is 23.7 Å². The molecule has 1 fully saturated rings. The summed E-state index contributed by atoms with van der Waals surface area (Å²) in [5.41, 5.74) is 7.12. The Balaban J connectivity index is 0.00000176. The Labute approximate surface area is 140 Å². The largest absolute Gasteiger partial charge is 0.365 e. The number of anilines is 1. The fourth-order valence-electron chi connectivity index (χ4n) is 2.77. The molecular formula is C15H22ClN3O2S. The van der Waals surface area contributed by atoms with Gasteiger partial charge in [0, 0.05) is 29.9 Å². The molecule has 0 unspecified atom stereocenters. The number of nitrogens with two attached hydrogens (primary N) is 1. The van der Waals surface area contributed by atoms with Gasteiger partial charge in [0.25, 0.3) is 5.91 Å². The molecule has 2 amide bonds. The molecule has 3 rings (SSSR count). The number of carbonyl (C=O) groups excluding carboxylic acids is 2. The van der Waals surface area contributed by atoms with Gasteiger partial charge in [-0.25, -0.2) is 0 Å². The Bertz CT molecular complexity index is 596. The zero-order valence-electron chi connectivity index (χ0n) is 12.8. The average molecular weight is 344 g/mol. The van der Waals surface area contributed by atoms with Crippen LogP contribution in [-0.2, 0) is 17.8 Å². The maximum atomic E-state index is 12.0. The van der Waals surface area contributed by atoms with Crippen LogP contribution in [0.3, 0.4) is 0 Å². The fourth-order valence-corrected chi connectivity index (χ4v) is 4.05. The first kappa shape index (κ1) is 17.2. The number of rotatable bonds is 4. The van der Waals surface area contributed by atoms with Gasteiger partial charge in [0.15, 0.2) is 0 Å². The van der Waals surface area contributed by atoms with Crippen molar-refractivity contribution < 1.29 is 9.59 Å². The lowest BCUT2D eigenvalue weighted by molar-refractivity contribution is -0.117. The van der Waals surface area contributed by atoms with Gasteiger partial charge in [0.05, 0.1) is 5.56 Å². The van der Waals surface area contributed by atoms with E-state index < -0.39 is 5.91 Å². The van der Waals surface area contributed by atoms with Crippen molar-refractivity contribution in [2.24, 2.45) is 11.7 Å². The van der Waals surface area contributed by atoms with E-state index in [9.17, 15) is 9.59 Å². The molecule has 5 nitrogen and oxygen atoms in total. The average Bonchev–Trinajstić information content (AvgIpc) is 3.19. The monoisotopic (exact) mass is 343 g/mol. The number of amides is 2. The molecule has 0 spiro atoms. The van der Waals surface area contributed by atoms with Gasteiger partial charge >= 0.3 is 0 Å². The second kappa shape index (κ2) is 6.56. The number of carbonyl (C=O) groups is 2. The Kier molecular flexibility index (Phi) is 5.14. The zero-order chi connectivity index (χ0) is 15.1. The molecule has 3 N–H and O–H groups in total. The van der Waals surface area contributed by atoms with Crippen LogP contribution in [0, 0.1) is 5.92 Å². The summed E-state index contributed by atoms with van der Waals surface area (Å²) in [5, 5.41) is 3.56. The molecule has 1 aromatic rings. The van der Waals surface area contributed by atoms with Gasteiger partial charge in [-0.1, -0.05) is 0 Å².